The van der Waals surface area contributed by atoms with Crippen LogP contribution >= 0.6 is 0 Å². The van der Waals surface area contributed by atoms with Gasteiger partial charge in [-0.05, 0) is 23.6 Å². The Kier molecular flexibility index (Phi) is 6.79. The van der Waals surface area contributed by atoms with Gasteiger partial charge in [-0.15, -0.1) is 0 Å². The van der Waals surface area contributed by atoms with Gasteiger partial charge in [-0.25, -0.2) is 9.18 Å². The third-order valence-corrected chi connectivity index (χ3v) is 4.49. The van der Waals surface area contributed by atoms with Gasteiger partial charge in [0.15, 0.2) is 11.6 Å². The summed E-state index contributed by atoms with van der Waals surface area (Å²) in [6, 6.07) is 5.64. The number of nitrogens with one attached hydrogen (secondary N) is 1. The molecule has 0 saturated carbocycles. The molecule has 0 fully saturated rings. The molecule has 7 nitrogen and oxygen atoms in total. The number of aryl methyl sites for hydroxylation is 1. The molecule has 1 atom stereocenters. The molecule has 0 saturated heterocycles. The van der Waals surface area contributed by atoms with Crippen molar-refractivity contribution in [3.05, 3.63) is 68.8 Å². The number of ether oxygens (including phenoxy) is 1. The Bertz CT molecular complexity index is 1030. The van der Waals surface area contributed by atoms with Crippen LogP contribution in [0.4, 0.5) is 4.39 Å². The van der Waals surface area contributed by atoms with E-state index < -0.39 is 29.0 Å². The minimum atomic E-state index is -0.493. The summed E-state index contributed by atoms with van der Waals surface area (Å²) in [4.78, 5) is 36.3. The summed E-state index contributed by atoms with van der Waals surface area (Å²) >= 11 is 0. The topological polar surface area (TPSA) is 82.3 Å². The molecule has 0 radical (unpaired) electrons. The van der Waals surface area contributed by atoms with E-state index in [1.165, 1.54) is 49.1 Å². The molecular formula is C21H26FN3O4. The van der Waals surface area contributed by atoms with Gasteiger partial charge in [-0.1, -0.05) is 32.9 Å². The van der Waals surface area contributed by atoms with Crippen LogP contribution in [0.15, 0.2) is 46.1 Å². The Labute approximate surface area is 168 Å². The highest BCUT2D eigenvalue weighted by molar-refractivity contribution is 5.91. The summed E-state index contributed by atoms with van der Waals surface area (Å²) in [5.41, 5.74) is -1.09. The third kappa shape index (κ3) is 5.66. The van der Waals surface area contributed by atoms with Crippen LogP contribution in [0.2, 0.25) is 0 Å². The van der Waals surface area contributed by atoms with Gasteiger partial charge in [-0.3, -0.25) is 14.2 Å². The molecule has 0 aliphatic heterocycles. The highest BCUT2D eigenvalue weighted by Gasteiger charge is 2.26. The van der Waals surface area contributed by atoms with Crippen molar-refractivity contribution in [1.82, 2.24) is 14.5 Å². The molecule has 2 rings (SSSR count). The number of benzene rings is 1. The summed E-state index contributed by atoms with van der Waals surface area (Å²) in [5, 5.41) is 2.83. The molecule has 1 aromatic heterocycles. The average molecular weight is 403 g/mol. The first-order valence-electron chi connectivity index (χ1n) is 9.13. The smallest absolute Gasteiger partial charge is 0.330 e. The monoisotopic (exact) mass is 403 g/mol. The Morgan fingerprint density at radius 1 is 1.24 bits per heavy atom. The molecule has 2 aromatic rings. The van der Waals surface area contributed by atoms with Gasteiger partial charge in [0.05, 0.1) is 11.6 Å². The van der Waals surface area contributed by atoms with Gasteiger partial charge < -0.3 is 14.6 Å². The van der Waals surface area contributed by atoms with E-state index >= 15 is 0 Å². The Hall–Kier alpha value is -3.16. The SMILES string of the molecule is Cn1cc(C=CC(=O)NC(COc2ccccc2F)C(C)(C)C)c(=O)n(C)c1=O. The van der Waals surface area contributed by atoms with E-state index in [4.69, 9.17) is 4.74 Å². The van der Waals surface area contributed by atoms with Crippen LogP contribution < -0.4 is 21.3 Å². The molecule has 1 amide bonds. The van der Waals surface area contributed by atoms with Crippen LogP contribution in [-0.2, 0) is 18.9 Å². The molecule has 0 bridgehead atoms. The Balaban J connectivity index is 2.13. The second kappa shape index (κ2) is 8.89. The normalized spacial score (nSPS) is 12.8. The zero-order valence-corrected chi connectivity index (χ0v) is 17.2. The van der Waals surface area contributed by atoms with Gasteiger partial charge in [-0.2, -0.15) is 0 Å². The van der Waals surface area contributed by atoms with Crippen molar-refractivity contribution in [2.45, 2.75) is 26.8 Å². The summed E-state index contributed by atoms with van der Waals surface area (Å²) in [7, 11) is 2.90. The van der Waals surface area contributed by atoms with E-state index in [9.17, 15) is 18.8 Å². The van der Waals surface area contributed by atoms with Gasteiger partial charge in [0.1, 0.15) is 6.61 Å². The largest absolute Gasteiger partial charge is 0.488 e. The van der Waals surface area contributed by atoms with E-state index in [0.717, 1.165) is 4.57 Å². The molecule has 1 N–H and O–H groups in total. The van der Waals surface area contributed by atoms with Gasteiger partial charge >= 0.3 is 5.69 Å². The van der Waals surface area contributed by atoms with Crippen molar-refractivity contribution >= 4 is 12.0 Å². The summed E-state index contributed by atoms with van der Waals surface area (Å²) in [6.07, 6.45) is 3.95. The standard InChI is InChI=1S/C21H26FN3O4/c1-21(2,3)17(13-29-16-9-7-6-8-15(16)22)23-18(26)11-10-14-12-24(4)20(28)25(5)19(14)27/h6-12,17H,13H2,1-5H3,(H,23,26). The maximum atomic E-state index is 13.8. The maximum absolute atomic E-state index is 13.8. The molecule has 0 spiro atoms. The van der Waals surface area contributed by atoms with Crippen molar-refractivity contribution in [3.63, 3.8) is 0 Å². The van der Waals surface area contributed by atoms with Crippen molar-refractivity contribution < 1.29 is 13.9 Å². The third-order valence-electron chi connectivity index (χ3n) is 4.49. The lowest BCUT2D eigenvalue weighted by Gasteiger charge is -2.31. The number of aromatic nitrogens is 2. The lowest BCUT2D eigenvalue weighted by Crippen LogP contribution is -2.47. The van der Waals surface area contributed by atoms with Gasteiger partial charge in [0, 0.05) is 26.4 Å². The Morgan fingerprint density at radius 2 is 1.90 bits per heavy atom. The zero-order chi connectivity index (χ0) is 21.8. The molecule has 8 heteroatoms. The maximum Gasteiger partial charge on any atom is 0.330 e. The van der Waals surface area contributed by atoms with Crippen LogP contribution in [0, 0.1) is 11.2 Å². The van der Waals surface area contributed by atoms with Crippen LogP contribution in [0.3, 0.4) is 0 Å². The summed E-state index contributed by atoms with van der Waals surface area (Å²) in [6.45, 7) is 5.85. The lowest BCUT2D eigenvalue weighted by molar-refractivity contribution is -0.118. The van der Waals surface area contributed by atoms with Crippen LogP contribution in [-0.4, -0.2) is 27.7 Å². The zero-order valence-electron chi connectivity index (χ0n) is 17.2. The van der Waals surface area contributed by atoms with Crippen LogP contribution in [0.25, 0.3) is 6.08 Å². The van der Waals surface area contributed by atoms with E-state index in [-0.39, 0.29) is 23.3 Å². The second-order valence-electron chi connectivity index (χ2n) is 7.84. The number of hydrogen-bond acceptors (Lipinski definition) is 4. The number of rotatable bonds is 6. The molecule has 1 unspecified atom stereocenters. The highest BCUT2D eigenvalue weighted by atomic mass is 19.1. The fourth-order valence-corrected chi connectivity index (χ4v) is 2.58. The van der Waals surface area contributed by atoms with Crippen molar-refractivity contribution in [1.29, 1.82) is 0 Å². The van der Waals surface area contributed by atoms with Crippen LogP contribution in [0.1, 0.15) is 26.3 Å². The average Bonchev–Trinajstić information content (AvgIpc) is 2.65. The quantitative estimate of drug-likeness (QED) is 0.747. The molecule has 0 aliphatic carbocycles. The highest BCUT2D eigenvalue weighted by Crippen LogP contribution is 2.22. The minimum absolute atomic E-state index is 0.0750. The molecule has 29 heavy (non-hydrogen) atoms. The first kappa shape index (κ1) is 22.1. The van der Waals surface area contributed by atoms with Crippen molar-refractivity contribution in [3.8, 4) is 5.75 Å². The molecular weight excluding hydrogens is 377 g/mol. The molecule has 156 valence electrons. The van der Waals surface area contributed by atoms with E-state index in [2.05, 4.69) is 5.32 Å². The van der Waals surface area contributed by atoms with E-state index in [1.54, 1.807) is 12.1 Å². The fourth-order valence-electron chi connectivity index (χ4n) is 2.58. The first-order chi connectivity index (χ1) is 13.5. The molecule has 1 heterocycles. The minimum Gasteiger partial charge on any atom is -0.488 e. The van der Waals surface area contributed by atoms with Crippen molar-refractivity contribution in [2.75, 3.05) is 6.61 Å². The predicted molar refractivity (Wildman–Crippen MR) is 109 cm³/mol. The molecule has 0 aliphatic rings. The number of halogens is 1. The lowest BCUT2D eigenvalue weighted by atomic mass is 9.87. The van der Waals surface area contributed by atoms with Crippen molar-refractivity contribution in [2.24, 2.45) is 19.5 Å². The summed E-state index contributed by atoms with van der Waals surface area (Å²) in [5.74, 6) is -0.796. The number of carbonyl (C=O) groups excluding carboxylic acids is 1. The van der Waals surface area contributed by atoms with Crippen LogP contribution in [0.5, 0.6) is 5.75 Å². The van der Waals surface area contributed by atoms with E-state index in [1.807, 2.05) is 20.8 Å². The van der Waals surface area contributed by atoms with Gasteiger partial charge in [0.25, 0.3) is 5.56 Å². The number of nitrogens with zero attached hydrogens (tertiary/aromatic N) is 2. The second-order valence-corrected chi connectivity index (χ2v) is 7.84. The number of amides is 1. The fraction of sp³-hybridized carbons (Fsp3) is 0.381. The first-order valence-corrected chi connectivity index (χ1v) is 9.13. The predicted octanol–water partition coefficient (Wildman–Crippen LogP) is 1.85. The number of hydrogen-bond donors (Lipinski definition) is 1. The Morgan fingerprint density at radius 3 is 2.52 bits per heavy atom. The molecule has 1 aromatic carbocycles. The summed E-state index contributed by atoms with van der Waals surface area (Å²) < 4.78 is 21.5. The number of carbonyl (C=O) groups is 1. The number of para-hydroxylation sites is 1. The van der Waals surface area contributed by atoms with Gasteiger partial charge in [0.2, 0.25) is 5.91 Å². The van der Waals surface area contributed by atoms with E-state index in [0.29, 0.717) is 0 Å².